The van der Waals surface area contributed by atoms with Crippen LogP contribution in [-0.2, 0) is 4.79 Å². The molecule has 2 rings (SSSR count). The first kappa shape index (κ1) is 19.1. The highest BCUT2D eigenvalue weighted by Crippen LogP contribution is 2.24. The maximum absolute atomic E-state index is 12.8. The molecule has 0 spiro atoms. The molecule has 1 fully saturated rings. The fourth-order valence-electron chi connectivity index (χ4n) is 3.28. The van der Waals surface area contributed by atoms with Crippen molar-refractivity contribution >= 4 is 17.6 Å². The Kier molecular flexibility index (Phi) is 6.28. The fourth-order valence-corrected chi connectivity index (χ4v) is 3.28. The van der Waals surface area contributed by atoms with Crippen molar-refractivity contribution in [2.24, 2.45) is 11.7 Å². The molecule has 0 bridgehead atoms. The molecule has 0 aromatic heterocycles. The van der Waals surface area contributed by atoms with Crippen molar-refractivity contribution in [2.75, 3.05) is 31.1 Å². The minimum Gasteiger partial charge on any atom is -0.368 e. The van der Waals surface area contributed by atoms with Crippen molar-refractivity contribution < 1.29 is 9.59 Å². The average Bonchev–Trinajstić information content (AvgIpc) is 2.61. The Morgan fingerprint density at radius 1 is 1.20 bits per heavy atom. The topological polar surface area (TPSA) is 78.7 Å². The van der Waals surface area contributed by atoms with Crippen LogP contribution in [0.25, 0.3) is 0 Å². The van der Waals surface area contributed by atoms with Crippen molar-refractivity contribution in [2.45, 2.75) is 40.2 Å². The highest BCUT2D eigenvalue weighted by molar-refractivity contribution is 5.87. The number of hydrogen-bond donors (Lipinski definition) is 2. The van der Waals surface area contributed by atoms with Gasteiger partial charge in [0.1, 0.15) is 6.04 Å². The number of anilines is 1. The summed E-state index contributed by atoms with van der Waals surface area (Å²) >= 11 is 0. The molecule has 1 heterocycles. The summed E-state index contributed by atoms with van der Waals surface area (Å²) in [5.41, 5.74) is 9.05. The molecular weight excluding hydrogens is 316 g/mol. The lowest BCUT2D eigenvalue weighted by Crippen LogP contribution is -2.57. The van der Waals surface area contributed by atoms with Gasteiger partial charge in [0, 0.05) is 31.9 Å². The van der Waals surface area contributed by atoms with Crippen molar-refractivity contribution in [1.29, 1.82) is 0 Å². The summed E-state index contributed by atoms with van der Waals surface area (Å²) in [4.78, 5) is 28.3. The first-order valence-corrected chi connectivity index (χ1v) is 9.01. The highest BCUT2D eigenvalue weighted by atomic mass is 16.2. The molecule has 138 valence electrons. The maximum atomic E-state index is 12.8. The minimum atomic E-state index is -0.646. The van der Waals surface area contributed by atoms with E-state index in [0.717, 1.165) is 19.5 Å². The number of aryl methyl sites for hydroxylation is 1. The minimum absolute atomic E-state index is 0.0336. The lowest BCUT2D eigenvalue weighted by Gasteiger charge is -2.39. The molecule has 6 heteroatoms. The third-order valence-electron chi connectivity index (χ3n) is 5.28. The second-order valence-corrected chi connectivity index (χ2v) is 6.90. The highest BCUT2D eigenvalue weighted by Gasteiger charge is 2.31. The monoisotopic (exact) mass is 346 g/mol. The van der Waals surface area contributed by atoms with E-state index >= 15 is 0 Å². The smallest absolute Gasteiger partial charge is 0.312 e. The first-order valence-electron chi connectivity index (χ1n) is 9.01. The van der Waals surface area contributed by atoms with Crippen molar-refractivity contribution in [3.05, 3.63) is 29.3 Å². The largest absolute Gasteiger partial charge is 0.368 e. The zero-order chi connectivity index (χ0) is 18.6. The number of nitrogens with zero attached hydrogens (tertiary/aromatic N) is 2. The number of carbonyl (C=O) groups is 2. The number of urea groups is 1. The number of primary amides is 1. The second kappa shape index (κ2) is 8.23. The molecule has 0 radical (unpaired) electrons. The number of nitrogens with one attached hydrogen (secondary N) is 1. The molecular formula is C19H30N4O2. The number of nitrogens with two attached hydrogens (primary N) is 1. The van der Waals surface area contributed by atoms with Crippen LogP contribution in [0.5, 0.6) is 0 Å². The average molecular weight is 346 g/mol. The van der Waals surface area contributed by atoms with E-state index < -0.39 is 12.1 Å². The van der Waals surface area contributed by atoms with Crippen molar-refractivity contribution in [3.8, 4) is 0 Å². The summed E-state index contributed by atoms with van der Waals surface area (Å²) < 4.78 is 0. The number of carbonyl (C=O) groups excluding carboxylic acids is 2. The molecule has 1 aliphatic rings. The quantitative estimate of drug-likeness (QED) is 0.856. The number of rotatable bonds is 5. The van der Waals surface area contributed by atoms with Gasteiger partial charge in [-0.2, -0.15) is 0 Å². The van der Waals surface area contributed by atoms with Gasteiger partial charge in [-0.15, -0.1) is 0 Å². The number of benzene rings is 1. The van der Waals surface area contributed by atoms with E-state index in [0.29, 0.717) is 13.1 Å². The number of hydrogen-bond acceptors (Lipinski definition) is 3. The van der Waals surface area contributed by atoms with Gasteiger partial charge in [0.25, 0.3) is 0 Å². The van der Waals surface area contributed by atoms with Gasteiger partial charge >= 0.3 is 6.03 Å². The van der Waals surface area contributed by atoms with E-state index in [-0.39, 0.29) is 11.8 Å². The molecule has 0 saturated carbocycles. The van der Waals surface area contributed by atoms with Crippen molar-refractivity contribution in [3.63, 3.8) is 0 Å². The van der Waals surface area contributed by atoms with Crippen LogP contribution in [-0.4, -0.2) is 49.1 Å². The van der Waals surface area contributed by atoms with Crippen LogP contribution in [0.15, 0.2) is 18.2 Å². The van der Waals surface area contributed by atoms with Gasteiger partial charge in [0.05, 0.1) is 0 Å². The first-order chi connectivity index (χ1) is 11.8. The molecule has 1 aromatic rings. The Bertz CT molecular complexity index is 624. The standard InChI is InChI=1S/C19H30N4O2/c1-5-13(2)17(21-19(20)25)18(24)23-11-9-22(10-12-23)16-8-6-7-14(3)15(16)4/h6-8,13,17H,5,9-12H2,1-4H3,(H3,20,21,25)/t13-,17-/m0/s1. The van der Waals surface area contributed by atoms with E-state index in [1.807, 2.05) is 18.7 Å². The summed E-state index contributed by atoms with van der Waals surface area (Å²) in [5, 5.41) is 2.62. The molecule has 6 nitrogen and oxygen atoms in total. The van der Waals surface area contributed by atoms with Crippen LogP contribution in [0.1, 0.15) is 31.4 Å². The molecule has 0 aliphatic carbocycles. The van der Waals surface area contributed by atoms with Crippen LogP contribution in [0.3, 0.4) is 0 Å². The third-order valence-corrected chi connectivity index (χ3v) is 5.28. The molecule has 3 N–H and O–H groups in total. The van der Waals surface area contributed by atoms with E-state index in [9.17, 15) is 9.59 Å². The Morgan fingerprint density at radius 3 is 2.40 bits per heavy atom. The van der Waals surface area contributed by atoms with Gasteiger partial charge in [-0.25, -0.2) is 4.79 Å². The molecule has 1 aromatic carbocycles. The molecule has 0 unspecified atom stereocenters. The lowest BCUT2D eigenvalue weighted by atomic mass is 9.97. The zero-order valence-electron chi connectivity index (χ0n) is 15.7. The number of piperazine rings is 1. The third kappa shape index (κ3) is 4.44. The van der Waals surface area contributed by atoms with E-state index in [2.05, 4.69) is 42.3 Å². The summed E-state index contributed by atoms with van der Waals surface area (Å²) in [6.45, 7) is 11.1. The van der Waals surface area contributed by atoms with E-state index in [4.69, 9.17) is 5.73 Å². The van der Waals surface area contributed by atoms with Gasteiger partial charge in [0.2, 0.25) is 5.91 Å². The summed E-state index contributed by atoms with van der Waals surface area (Å²) in [5.74, 6) is 0.0193. The predicted octanol–water partition coefficient (Wildman–Crippen LogP) is 2.04. The van der Waals surface area contributed by atoms with Gasteiger partial charge < -0.3 is 20.9 Å². The lowest BCUT2D eigenvalue weighted by molar-refractivity contribution is -0.134. The number of amides is 3. The summed E-state index contributed by atoms with van der Waals surface area (Å²) in [6.07, 6.45) is 0.805. The summed E-state index contributed by atoms with van der Waals surface area (Å²) in [6, 6.07) is 5.13. The normalized spacial score (nSPS) is 17.1. The van der Waals surface area contributed by atoms with Gasteiger partial charge in [0.15, 0.2) is 0 Å². The maximum Gasteiger partial charge on any atom is 0.312 e. The fraction of sp³-hybridized carbons (Fsp3) is 0.579. The summed E-state index contributed by atoms with van der Waals surface area (Å²) in [7, 11) is 0. The molecule has 1 aliphatic heterocycles. The van der Waals surface area contributed by atoms with Crippen LogP contribution >= 0.6 is 0 Å². The van der Waals surface area contributed by atoms with Gasteiger partial charge in [-0.1, -0.05) is 32.4 Å². The Morgan fingerprint density at radius 2 is 1.84 bits per heavy atom. The van der Waals surface area contributed by atoms with Crippen LogP contribution < -0.4 is 16.0 Å². The molecule has 1 saturated heterocycles. The van der Waals surface area contributed by atoms with Crippen LogP contribution in [0.4, 0.5) is 10.5 Å². The van der Waals surface area contributed by atoms with E-state index in [1.54, 1.807) is 0 Å². The zero-order valence-corrected chi connectivity index (χ0v) is 15.7. The molecule has 2 atom stereocenters. The van der Waals surface area contributed by atoms with Gasteiger partial charge in [-0.05, 0) is 37.0 Å². The Hall–Kier alpha value is -2.24. The van der Waals surface area contributed by atoms with Gasteiger partial charge in [-0.3, -0.25) is 4.79 Å². The molecule has 25 heavy (non-hydrogen) atoms. The van der Waals surface area contributed by atoms with Crippen LogP contribution in [0, 0.1) is 19.8 Å². The molecule has 3 amide bonds. The Balaban J connectivity index is 2.03. The van der Waals surface area contributed by atoms with Crippen LogP contribution in [0.2, 0.25) is 0 Å². The van der Waals surface area contributed by atoms with Crippen molar-refractivity contribution in [1.82, 2.24) is 10.2 Å². The van der Waals surface area contributed by atoms with E-state index in [1.165, 1.54) is 16.8 Å². The predicted molar refractivity (Wildman–Crippen MR) is 101 cm³/mol. The Labute approximate surface area is 150 Å². The second-order valence-electron chi connectivity index (χ2n) is 6.90. The SMILES string of the molecule is CC[C@H](C)[C@H](NC(N)=O)C(=O)N1CCN(c2cccc(C)c2C)CC1.